The first-order valence-electron chi connectivity index (χ1n) is 9.16. The van der Waals surface area contributed by atoms with Crippen molar-refractivity contribution in [3.63, 3.8) is 0 Å². The molecule has 0 aliphatic carbocycles. The second kappa shape index (κ2) is 8.63. The second-order valence-corrected chi connectivity index (χ2v) is 7.45. The molecule has 3 rings (SSSR count). The predicted octanol–water partition coefficient (Wildman–Crippen LogP) is 4.43. The molecule has 27 heavy (non-hydrogen) atoms. The molecule has 0 radical (unpaired) electrons. The van der Waals surface area contributed by atoms with Crippen LogP contribution in [-0.4, -0.2) is 25.2 Å². The van der Waals surface area contributed by atoms with Crippen molar-refractivity contribution in [1.82, 2.24) is 5.32 Å². The van der Waals surface area contributed by atoms with Crippen molar-refractivity contribution in [2.75, 3.05) is 18.5 Å². The molecule has 6 heteroatoms. The molecule has 1 amide bonds. The molecule has 0 saturated heterocycles. The van der Waals surface area contributed by atoms with E-state index in [1.165, 1.54) is 0 Å². The van der Waals surface area contributed by atoms with Gasteiger partial charge in [0.15, 0.2) is 11.5 Å². The summed E-state index contributed by atoms with van der Waals surface area (Å²) >= 11 is 5.89. The number of carbonyl (C=O) groups is 1. The number of benzene rings is 2. The summed E-state index contributed by atoms with van der Waals surface area (Å²) in [5.41, 5.74) is 1.79. The molecule has 5 nitrogen and oxygen atoms in total. The Morgan fingerprint density at radius 3 is 2.33 bits per heavy atom. The lowest BCUT2D eigenvalue weighted by Crippen LogP contribution is -2.41. The van der Waals surface area contributed by atoms with Crippen LogP contribution < -0.4 is 20.1 Å². The van der Waals surface area contributed by atoms with Gasteiger partial charge in [0.1, 0.15) is 13.2 Å². The molecule has 144 valence electrons. The van der Waals surface area contributed by atoms with Crippen molar-refractivity contribution in [1.29, 1.82) is 0 Å². The quantitative estimate of drug-likeness (QED) is 0.768. The van der Waals surface area contributed by atoms with E-state index < -0.39 is 0 Å². The molecular formula is C21H25ClN2O3. The van der Waals surface area contributed by atoms with Gasteiger partial charge >= 0.3 is 0 Å². The van der Waals surface area contributed by atoms with Crippen molar-refractivity contribution in [2.24, 2.45) is 5.92 Å². The number of nitrogens with one attached hydrogen (secondary N) is 2. The Kier molecular flexibility index (Phi) is 6.24. The van der Waals surface area contributed by atoms with Crippen molar-refractivity contribution < 1.29 is 14.3 Å². The average molecular weight is 389 g/mol. The van der Waals surface area contributed by atoms with Crippen LogP contribution in [0, 0.1) is 5.92 Å². The predicted molar refractivity (Wildman–Crippen MR) is 108 cm³/mol. The highest BCUT2D eigenvalue weighted by Gasteiger charge is 2.23. The Labute approximate surface area is 165 Å². The largest absolute Gasteiger partial charge is 0.486 e. The van der Waals surface area contributed by atoms with E-state index in [0.29, 0.717) is 24.2 Å². The summed E-state index contributed by atoms with van der Waals surface area (Å²) in [6, 6.07) is 12.7. The lowest BCUT2D eigenvalue weighted by atomic mass is 9.94. The number of hydrogen-bond donors (Lipinski definition) is 2. The fourth-order valence-electron chi connectivity index (χ4n) is 3.06. The fourth-order valence-corrected chi connectivity index (χ4v) is 3.18. The van der Waals surface area contributed by atoms with Crippen LogP contribution in [0.4, 0.5) is 5.69 Å². The third-order valence-electron chi connectivity index (χ3n) is 4.53. The molecule has 1 aliphatic rings. The number of hydrogen-bond acceptors (Lipinski definition) is 4. The van der Waals surface area contributed by atoms with Crippen LogP contribution in [0.2, 0.25) is 5.02 Å². The summed E-state index contributed by atoms with van der Waals surface area (Å²) in [6.45, 7) is 7.23. The summed E-state index contributed by atoms with van der Waals surface area (Å²) < 4.78 is 11.3. The fraction of sp³-hybridized carbons (Fsp3) is 0.381. The van der Waals surface area contributed by atoms with Gasteiger partial charge in [0.05, 0.1) is 6.04 Å². The van der Waals surface area contributed by atoms with Gasteiger partial charge < -0.3 is 14.8 Å². The van der Waals surface area contributed by atoms with Gasteiger partial charge in [-0.2, -0.15) is 0 Å². The highest BCUT2D eigenvalue weighted by molar-refractivity contribution is 6.30. The molecule has 2 aromatic rings. The minimum atomic E-state index is -0.374. The number of fused-ring (bicyclic) bond motifs is 1. The van der Waals surface area contributed by atoms with Crippen LogP contribution >= 0.6 is 11.6 Å². The zero-order valence-corrected chi connectivity index (χ0v) is 16.5. The van der Waals surface area contributed by atoms with Crippen molar-refractivity contribution in [3.05, 3.63) is 53.1 Å². The Morgan fingerprint density at radius 2 is 1.67 bits per heavy atom. The Bertz CT molecular complexity index is 793. The van der Waals surface area contributed by atoms with E-state index in [2.05, 4.69) is 24.5 Å². The van der Waals surface area contributed by atoms with Gasteiger partial charge in [0.25, 0.3) is 0 Å². The lowest BCUT2D eigenvalue weighted by molar-refractivity contribution is -0.118. The van der Waals surface area contributed by atoms with E-state index in [1.807, 2.05) is 25.1 Å². The first-order chi connectivity index (χ1) is 12.9. The van der Waals surface area contributed by atoms with E-state index >= 15 is 0 Å². The molecule has 0 aromatic heterocycles. The maximum atomic E-state index is 12.6. The zero-order valence-electron chi connectivity index (χ0n) is 15.8. The number of halogens is 1. The molecule has 0 unspecified atom stereocenters. The molecule has 0 spiro atoms. The topological polar surface area (TPSA) is 59.6 Å². The third kappa shape index (κ3) is 4.93. The smallest absolute Gasteiger partial charge is 0.241 e. The number of ether oxygens (including phenoxy) is 2. The highest BCUT2D eigenvalue weighted by Crippen LogP contribution is 2.34. The summed E-state index contributed by atoms with van der Waals surface area (Å²) in [7, 11) is 0. The summed E-state index contributed by atoms with van der Waals surface area (Å²) in [6.07, 6.45) is 0. The van der Waals surface area contributed by atoms with Gasteiger partial charge in [-0.05, 0) is 54.8 Å². The summed E-state index contributed by atoms with van der Waals surface area (Å²) in [4.78, 5) is 12.6. The van der Waals surface area contributed by atoms with Gasteiger partial charge in [0, 0.05) is 16.8 Å². The molecule has 1 heterocycles. The van der Waals surface area contributed by atoms with Crippen LogP contribution in [0.15, 0.2) is 42.5 Å². The number of rotatable bonds is 6. The van der Waals surface area contributed by atoms with E-state index in [0.717, 1.165) is 22.7 Å². The first-order valence-corrected chi connectivity index (χ1v) is 9.54. The lowest BCUT2D eigenvalue weighted by Gasteiger charge is -2.28. The first kappa shape index (κ1) is 19.5. The molecule has 0 saturated carbocycles. The van der Waals surface area contributed by atoms with Gasteiger partial charge in [-0.3, -0.25) is 10.1 Å². The van der Waals surface area contributed by atoms with Gasteiger partial charge in [0.2, 0.25) is 5.91 Å². The number of carbonyl (C=O) groups excluding carboxylic acids is 1. The maximum Gasteiger partial charge on any atom is 0.241 e. The van der Waals surface area contributed by atoms with E-state index in [-0.39, 0.29) is 18.0 Å². The monoisotopic (exact) mass is 388 g/mol. The average Bonchev–Trinajstić information content (AvgIpc) is 2.67. The molecule has 2 aromatic carbocycles. The third-order valence-corrected chi connectivity index (χ3v) is 4.78. The Hall–Kier alpha value is -2.24. The summed E-state index contributed by atoms with van der Waals surface area (Å²) in [5.74, 6) is 1.71. The molecule has 2 N–H and O–H groups in total. The van der Waals surface area contributed by atoms with Crippen LogP contribution in [0.3, 0.4) is 0 Å². The SMILES string of the molecule is CC(C)[C@H](N[C@H](C)C(=O)Nc1ccc(Cl)cc1)c1ccc2c(c1)OCCO2. The van der Waals surface area contributed by atoms with E-state index in [1.54, 1.807) is 24.3 Å². The highest BCUT2D eigenvalue weighted by atomic mass is 35.5. The van der Waals surface area contributed by atoms with Crippen LogP contribution in [0.25, 0.3) is 0 Å². The van der Waals surface area contributed by atoms with Crippen LogP contribution in [-0.2, 0) is 4.79 Å². The zero-order chi connectivity index (χ0) is 19.4. The Balaban J connectivity index is 1.70. The maximum absolute atomic E-state index is 12.6. The van der Waals surface area contributed by atoms with Gasteiger partial charge in [-0.15, -0.1) is 0 Å². The number of amides is 1. The minimum Gasteiger partial charge on any atom is -0.486 e. The van der Waals surface area contributed by atoms with Crippen molar-refractivity contribution in [2.45, 2.75) is 32.9 Å². The van der Waals surface area contributed by atoms with Gasteiger partial charge in [-0.25, -0.2) is 0 Å². The molecule has 1 aliphatic heterocycles. The second-order valence-electron chi connectivity index (χ2n) is 7.01. The normalized spacial score (nSPS) is 15.3. The molecule has 0 fully saturated rings. The molecule has 0 bridgehead atoms. The van der Waals surface area contributed by atoms with Gasteiger partial charge in [-0.1, -0.05) is 31.5 Å². The molecular weight excluding hydrogens is 364 g/mol. The standard InChI is InChI=1S/C21H25ClN2O3/c1-13(2)20(15-4-9-18-19(12-15)27-11-10-26-18)23-14(3)21(25)24-17-7-5-16(22)6-8-17/h4-9,12-14,20,23H,10-11H2,1-3H3,(H,24,25)/t14-,20+/m1/s1. The van der Waals surface area contributed by atoms with Crippen LogP contribution in [0.1, 0.15) is 32.4 Å². The van der Waals surface area contributed by atoms with Crippen LogP contribution in [0.5, 0.6) is 11.5 Å². The van der Waals surface area contributed by atoms with E-state index in [4.69, 9.17) is 21.1 Å². The van der Waals surface area contributed by atoms with Crippen molar-refractivity contribution in [3.8, 4) is 11.5 Å². The molecule has 2 atom stereocenters. The van der Waals surface area contributed by atoms with E-state index in [9.17, 15) is 4.79 Å². The Morgan fingerprint density at radius 1 is 1.00 bits per heavy atom. The van der Waals surface area contributed by atoms with Crippen molar-refractivity contribution >= 4 is 23.2 Å². The number of anilines is 1. The minimum absolute atomic E-state index is 0.00629. The summed E-state index contributed by atoms with van der Waals surface area (Å²) in [5, 5.41) is 6.98.